The van der Waals surface area contributed by atoms with Crippen molar-refractivity contribution in [3.8, 4) is 0 Å². The first-order valence-corrected chi connectivity index (χ1v) is 7.03. The zero-order valence-corrected chi connectivity index (χ0v) is 11.1. The number of hydrogen-bond donors (Lipinski definition) is 2. The highest BCUT2D eigenvalue weighted by Gasteiger charge is 2.13. The molecule has 2 rings (SSSR count). The molecule has 1 saturated carbocycles. The van der Waals surface area contributed by atoms with Gasteiger partial charge < -0.3 is 10.6 Å². The van der Waals surface area contributed by atoms with Crippen LogP contribution < -0.4 is 10.6 Å². The van der Waals surface area contributed by atoms with Crippen LogP contribution in [0.15, 0.2) is 24.3 Å². The number of para-hydroxylation sites is 1. The minimum Gasteiger partial charge on any atom is -0.324 e. The topological polar surface area (TPSA) is 41.1 Å². The van der Waals surface area contributed by atoms with Gasteiger partial charge in [0.15, 0.2) is 0 Å². The molecule has 2 N–H and O–H groups in total. The van der Waals surface area contributed by atoms with Gasteiger partial charge in [0.25, 0.3) is 0 Å². The van der Waals surface area contributed by atoms with E-state index in [1.807, 2.05) is 0 Å². The van der Waals surface area contributed by atoms with Gasteiger partial charge in [0.1, 0.15) is 5.82 Å². The molecule has 0 heterocycles. The lowest BCUT2D eigenvalue weighted by atomic mass is 9.95. The van der Waals surface area contributed by atoms with E-state index in [0.717, 1.165) is 0 Å². The lowest BCUT2D eigenvalue weighted by Crippen LogP contribution is -2.33. The molecule has 3 nitrogen and oxygen atoms in total. The monoisotopic (exact) mass is 264 g/mol. The third-order valence-electron chi connectivity index (χ3n) is 3.54. The first-order valence-electron chi connectivity index (χ1n) is 7.03. The van der Waals surface area contributed by atoms with Crippen LogP contribution in [-0.2, 0) is 4.79 Å². The van der Waals surface area contributed by atoms with Crippen LogP contribution in [0.2, 0.25) is 0 Å². The van der Waals surface area contributed by atoms with E-state index in [-0.39, 0.29) is 11.6 Å². The van der Waals surface area contributed by atoms with E-state index < -0.39 is 5.82 Å². The number of carbonyl (C=O) groups is 1. The number of amides is 1. The Morgan fingerprint density at radius 2 is 1.95 bits per heavy atom. The first-order chi connectivity index (χ1) is 9.25. The standard InChI is InChI=1S/C15H21FN2O/c16-13-8-4-5-9-14(13)18-15(19)10-11-17-12-6-2-1-3-7-12/h4-5,8-9,12,17H,1-3,6-7,10-11H2,(H,18,19). The van der Waals surface area contributed by atoms with E-state index in [1.165, 1.54) is 38.2 Å². The molecule has 0 saturated heterocycles. The number of anilines is 1. The molecule has 4 heteroatoms. The maximum atomic E-state index is 13.3. The smallest absolute Gasteiger partial charge is 0.225 e. The lowest BCUT2D eigenvalue weighted by molar-refractivity contribution is -0.116. The van der Waals surface area contributed by atoms with Gasteiger partial charge in [-0.25, -0.2) is 4.39 Å². The summed E-state index contributed by atoms with van der Waals surface area (Å²) in [6.45, 7) is 0.658. The van der Waals surface area contributed by atoms with Crippen LogP contribution in [0.5, 0.6) is 0 Å². The molecule has 1 amide bonds. The molecule has 0 atom stereocenters. The highest BCUT2D eigenvalue weighted by atomic mass is 19.1. The third kappa shape index (κ3) is 4.63. The van der Waals surface area contributed by atoms with E-state index in [4.69, 9.17) is 0 Å². The van der Waals surface area contributed by atoms with Crippen molar-refractivity contribution in [2.75, 3.05) is 11.9 Å². The molecule has 0 radical (unpaired) electrons. The summed E-state index contributed by atoms with van der Waals surface area (Å²) >= 11 is 0. The second-order valence-corrected chi connectivity index (χ2v) is 5.07. The van der Waals surface area contributed by atoms with Crippen molar-refractivity contribution in [2.24, 2.45) is 0 Å². The summed E-state index contributed by atoms with van der Waals surface area (Å²) < 4.78 is 13.3. The van der Waals surface area contributed by atoms with Crippen LogP contribution in [0, 0.1) is 5.82 Å². The molecule has 1 aromatic carbocycles. The Morgan fingerprint density at radius 1 is 1.21 bits per heavy atom. The van der Waals surface area contributed by atoms with E-state index in [0.29, 0.717) is 19.0 Å². The van der Waals surface area contributed by atoms with Gasteiger partial charge in [-0.15, -0.1) is 0 Å². The molecule has 0 spiro atoms. The van der Waals surface area contributed by atoms with Crippen LogP contribution in [0.1, 0.15) is 38.5 Å². The quantitative estimate of drug-likeness (QED) is 0.858. The van der Waals surface area contributed by atoms with Crippen molar-refractivity contribution in [2.45, 2.75) is 44.6 Å². The Kier molecular flexibility index (Phi) is 5.33. The molecule has 104 valence electrons. The Labute approximate surface area is 113 Å². The predicted molar refractivity (Wildman–Crippen MR) is 74.5 cm³/mol. The van der Waals surface area contributed by atoms with Crippen LogP contribution in [-0.4, -0.2) is 18.5 Å². The van der Waals surface area contributed by atoms with Gasteiger partial charge in [0.2, 0.25) is 5.91 Å². The van der Waals surface area contributed by atoms with Gasteiger partial charge in [0.05, 0.1) is 5.69 Å². The summed E-state index contributed by atoms with van der Waals surface area (Å²) in [5.41, 5.74) is 0.255. The number of hydrogen-bond acceptors (Lipinski definition) is 2. The summed E-state index contributed by atoms with van der Waals surface area (Å²) in [5.74, 6) is -0.538. The average molecular weight is 264 g/mol. The molecule has 1 aliphatic rings. The largest absolute Gasteiger partial charge is 0.324 e. The molecule has 0 aromatic heterocycles. The van der Waals surface area contributed by atoms with Crippen molar-refractivity contribution >= 4 is 11.6 Å². The van der Waals surface area contributed by atoms with Crippen LogP contribution >= 0.6 is 0 Å². The van der Waals surface area contributed by atoms with Crippen molar-refractivity contribution in [1.29, 1.82) is 0 Å². The van der Waals surface area contributed by atoms with Crippen LogP contribution in [0.3, 0.4) is 0 Å². The number of benzene rings is 1. The van der Waals surface area contributed by atoms with E-state index in [2.05, 4.69) is 10.6 Å². The SMILES string of the molecule is O=C(CCNC1CCCCC1)Nc1ccccc1F. The maximum Gasteiger partial charge on any atom is 0.225 e. The summed E-state index contributed by atoms with van der Waals surface area (Å²) in [7, 11) is 0. The van der Waals surface area contributed by atoms with E-state index >= 15 is 0 Å². The number of halogens is 1. The fourth-order valence-electron chi connectivity index (χ4n) is 2.47. The normalized spacial score (nSPS) is 16.3. The molecule has 1 aromatic rings. The molecule has 0 aliphatic heterocycles. The third-order valence-corrected chi connectivity index (χ3v) is 3.54. The fraction of sp³-hybridized carbons (Fsp3) is 0.533. The highest BCUT2D eigenvalue weighted by Crippen LogP contribution is 2.17. The number of rotatable bonds is 5. The van der Waals surface area contributed by atoms with Crippen molar-refractivity contribution in [3.63, 3.8) is 0 Å². The summed E-state index contributed by atoms with van der Waals surface area (Å²) in [6, 6.07) is 6.78. The summed E-state index contributed by atoms with van der Waals surface area (Å²) in [5, 5.41) is 5.99. The Hall–Kier alpha value is -1.42. The van der Waals surface area contributed by atoms with Gasteiger partial charge in [-0.3, -0.25) is 4.79 Å². The van der Waals surface area contributed by atoms with Gasteiger partial charge in [-0.1, -0.05) is 31.4 Å². The zero-order valence-electron chi connectivity index (χ0n) is 11.1. The zero-order chi connectivity index (χ0) is 13.5. The van der Waals surface area contributed by atoms with Crippen LogP contribution in [0.25, 0.3) is 0 Å². The second kappa shape index (κ2) is 7.24. The summed E-state index contributed by atoms with van der Waals surface area (Å²) in [6.07, 6.45) is 6.67. The van der Waals surface area contributed by atoms with Gasteiger partial charge in [-0.05, 0) is 25.0 Å². The average Bonchev–Trinajstić information content (AvgIpc) is 2.43. The molecule has 1 fully saturated rings. The van der Waals surface area contributed by atoms with E-state index in [9.17, 15) is 9.18 Å². The molecule has 0 bridgehead atoms. The van der Waals surface area contributed by atoms with Crippen molar-refractivity contribution in [1.82, 2.24) is 5.32 Å². The van der Waals surface area contributed by atoms with Crippen LogP contribution in [0.4, 0.5) is 10.1 Å². The van der Waals surface area contributed by atoms with Gasteiger partial charge >= 0.3 is 0 Å². The number of carbonyl (C=O) groups excluding carboxylic acids is 1. The maximum absolute atomic E-state index is 13.3. The van der Waals surface area contributed by atoms with Crippen molar-refractivity contribution < 1.29 is 9.18 Å². The van der Waals surface area contributed by atoms with Gasteiger partial charge in [-0.2, -0.15) is 0 Å². The fourth-order valence-corrected chi connectivity index (χ4v) is 2.47. The molecule has 1 aliphatic carbocycles. The number of nitrogens with one attached hydrogen (secondary N) is 2. The second-order valence-electron chi connectivity index (χ2n) is 5.07. The Morgan fingerprint density at radius 3 is 2.68 bits per heavy atom. The minimum atomic E-state index is -0.393. The Bertz CT molecular complexity index is 416. The molecule has 19 heavy (non-hydrogen) atoms. The Balaban J connectivity index is 1.68. The molecule has 0 unspecified atom stereocenters. The lowest BCUT2D eigenvalue weighted by Gasteiger charge is -2.22. The predicted octanol–water partition coefficient (Wildman–Crippen LogP) is 3.08. The molecular weight excluding hydrogens is 243 g/mol. The van der Waals surface area contributed by atoms with Gasteiger partial charge in [0, 0.05) is 19.0 Å². The minimum absolute atomic E-state index is 0.145. The highest BCUT2D eigenvalue weighted by molar-refractivity contribution is 5.90. The van der Waals surface area contributed by atoms with E-state index in [1.54, 1.807) is 18.2 Å². The van der Waals surface area contributed by atoms with Crippen molar-refractivity contribution in [3.05, 3.63) is 30.1 Å². The summed E-state index contributed by atoms with van der Waals surface area (Å²) in [4.78, 5) is 11.7. The first kappa shape index (κ1) is 14.0. The molecular formula is C15H21FN2O.